The Hall–Kier alpha value is -2.54. The van der Waals surface area contributed by atoms with Crippen molar-refractivity contribution in [3.05, 3.63) is 56.4 Å². The van der Waals surface area contributed by atoms with Crippen LogP contribution in [0.4, 0.5) is 5.69 Å². The summed E-state index contributed by atoms with van der Waals surface area (Å²) in [6.45, 7) is 0. The van der Waals surface area contributed by atoms with E-state index in [0.29, 0.717) is 5.56 Å². The van der Waals surface area contributed by atoms with Crippen LogP contribution in [0.1, 0.15) is 10.4 Å². The van der Waals surface area contributed by atoms with Crippen molar-refractivity contribution in [2.45, 2.75) is 0 Å². The Bertz CT molecular complexity index is 726. The molecule has 0 aliphatic rings. The van der Waals surface area contributed by atoms with E-state index in [-0.39, 0.29) is 16.9 Å². The zero-order chi connectivity index (χ0) is 14.0. The maximum absolute atomic E-state index is 11.3. The number of hydrogen-bond donors (Lipinski definition) is 1. The number of nitrogens with zero attached hydrogens (tertiary/aromatic N) is 2. The molecule has 96 valence electrons. The number of halogens is 1. The summed E-state index contributed by atoms with van der Waals surface area (Å²) in [6.07, 6.45) is 0. The monoisotopic (exact) mass is 279 g/mol. The Morgan fingerprint density at radius 2 is 2.11 bits per heavy atom. The lowest BCUT2D eigenvalue weighted by Gasteiger charge is -2.01. The molecule has 19 heavy (non-hydrogen) atoms. The lowest BCUT2D eigenvalue weighted by atomic mass is 10.1. The first-order chi connectivity index (χ1) is 8.99. The summed E-state index contributed by atoms with van der Waals surface area (Å²) in [5.74, 6) is 0. The predicted octanol–water partition coefficient (Wildman–Crippen LogP) is 1.72. The van der Waals surface area contributed by atoms with Gasteiger partial charge in [-0.2, -0.15) is 5.10 Å². The highest BCUT2D eigenvalue weighted by atomic mass is 35.5. The molecular weight excluding hydrogens is 274 g/mol. The maximum Gasteiger partial charge on any atom is 0.276 e. The van der Waals surface area contributed by atoms with Gasteiger partial charge in [0.05, 0.1) is 10.6 Å². The number of hydrogen-bond acceptors (Lipinski definition) is 5. The summed E-state index contributed by atoms with van der Waals surface area (Å²) in [7, 11) is 0. The van der Waals surface area contributed by atoms with Crippen molar-refractivity contribution >= 4 is 22.5 Å². The fraction of sp³-hybridized carbons (Fsp3) is 0. The molecule has 1 N–H and O–H groups in total. The van der Waals surface area contributed by atoms with Gasteiger partial charge in [-0.3, -0.25) is 19.7 Å². The molecule has 7 nitrogen and oxygen atoms in total. The predicted molar refractivity (Wildman–Crippen MR) is 67.1 cm³/mol. The van der Waals surface area contributed by atoms with Gasteiger partial charge in [-0.25, -0.2) is 5.10 Å². The van der Waals surface area contributed by atoms with Gasteiger partial charge in [-0.05, 0) is 17.7 Å². The molecule has 0 fully saturated rings. The SMILES string of the molecule is O=C(Cl)c1cc(-c2cccc([N+](=O)[O-])c2)n[nH]c1=O. The molecule has 0 bridgehead atoms. The van der Waals surface area contributed by atoms with E-state index in [4.69, 9.17) is 11.6 Å². The van der Waals surface area contributed by atoms with Crippen LogP contribution in [-0.2, 0) is 0 Å². The summed E-state index contributed by atoms with van der Waals surface area (Å²) in [5.41, 5.74) is -0.492. The average Bonchev–Trinajstić information content (AvgIpc) is 2.39. The van der Waals surface area contributed by atoms with Gasteiger partial charge in [0.15, 0.2) is 0 Å². The lowest BCUT2D eigenvalue weighted by molar-refractivity contribution is -0.384. The zero-order valence-electron chi connectivity index (χ0n) is 9.29. The first-order valence-corrected chi connectivity index (χ1v) is 5.41. The molecule has 0 saturated carbocycles. The third-order valence-corrected chi connectivity index (χ3v) is 2.57. The molecule has 2 rings (SSSR count). The molecule has 1 aromatic carbocycles. The smallest absolute Gasteiger partial charge is 0.275 e. The first-order valence-electron chi connectivity index (χ1n) is 5.03. The number of benzene rings is 1. The number of carbonyl (C=O) groups is 1. The second kappa shape index (κ2) is 4.99. The summed E-state index contributed by atoms with van der Waals surface area (Å²) < 4.78 is 0. The highest BCUT2D eigenvalue weighted by Gasteiger charge is 2.13. The number of aromatic amines is 1. The fourth-order valence-electron chi connectivity index (χ4n) is 1.48. The van der Waals surface area contributed by atoms with Crippen molar-refractivity contribution in [3.63, 3.8) is 0 Å². The number of aromatic nitrogens is 2. The largest absolute Gasteiger partial charge is 0.276 e. The molecule has 0 amide bonds. The Morgan fingerprint density at radius 3 is 2.74 bits per heavy atom. The maximum atomic E-state index is 11.3. The molecule has 0 atom stereocenters. The summed E-state index contributed by atoms with van der Waals surface area (Å²) in [4.78, 5) is 32.4. The Kier molecular flexibility index (Phi) is 3.39. The van der Waals surface area contributed by atoms with E-state index in [1.807, 2.05) is 0 Å². The third-order valence-electron chi connectivity index (χ3n) is 2.37. The van der Waals surface area contributed by atoms with E-state index in [2.05, 4.69) is 10.2 Å². The first kappa shape index (κ1) is 12.9. The van der Waals surface area contributed by atoms with Crippen LogP contribution in [0.25, 0.3) is 11.3 Å². The van der Waals surface area contributed by atoms with Crippen molar-refractivity contribution in [1.82, 2.24) is 10.2 Å². The second-order valence-corrected chi connectivity index (χ2v) is 3.92. The molecule has 0 spiro atoms. The third kappa shape index (κ3) is 2.66. The Balaban J connectivity index is 2.56. The summed E-state index contributed by atoms with van der Waals surface area (Å²) in [6, 6.07) is 6.83. The van der Waals surface area contributed by atoms with Gasteiger partial charge in [0.2, 0.25) is 0 Å². The normalized spacial score (nSPS) is 10.2. The highest BCUT2D eigenvalue weighted by Crippen LogP contribution is 2.21. The average molecular weight is 280 g/mol. The van der Waals surface area contributed by atoms with Gasteiger partial charge in [0.1, 0.15) is 5.56 Å². The van der Waals surface area contributed by atoms with Crippen molar-refractivity contribution in [1.29, 1.82) is 0 Å². The zero-order valence-corrected chi connectivity index (χ0v) is 10.0. The van der Waals surface area contributed by atoms with Gasteiger partial charge >= 0.3 is 0 Å². The molecule has 8 heteroatoms. The molecule has 0 saturated heterocycles. The number of nitrogens with one attached hydrogen (secondary N) is 1. The highest BCUT2D eigenvalue weighted by molar-refractivity contribution is 6.67. The molecule has 0 aliphatic carbocycles. The van der Waals surface area contributed by atoms with Crippen LogP contribution in [-0.4, -0.2) is 20.4 Å². The van der Waals surface area contributed by atoms with Gasteiger partial charge in [-0.15, -0.1) is 0 Å². The van der Waals surface area contributed by atoms with E-state index in [1.165, 1.54) is 24.3 Å². The van der Waals surface area contributed by atoms with E-state index < -0.39 is 15.7 Å². The van der Waals surface area contributed by atoms with Gasteiger partial charge in [-0.1, -0.05) is 12.1 Å². The minimum Gasteiger partial charge on any atom is -0.275 e. The summed E-state index contributed by atoms with van der Waals surface area (Å²) >= 11 is 5.25. The molecule has 2 aromatic rings. The van der Waals surface area contributed by atoms with Crippen molar-refractivity contribution in [2.24, 2.45) is 0 Å². The number of non-ortho nitro benzene ring substituents is 1. The number of H-pyrrole nitrogens is 1. The number of nitro groups is 1. The van der Waals surface area contributed by atoms with E-state index in [9.17, 15) is 19.7 Å². The molecule has 0 aliphatic heterocycles. The molecule has 1 heterocycles. The molecule has 0 unspecified atom stereocenters. The standard InChI is InChI=1S/C11H6ClN3O4/c12-10(16)8-5-9(13-14-11(8)17)6-2-1-3-7(4-6)15(18)19/h1-5H,(H,14,17). The molecule has 1 aromatic heterocycles. The van der Waals surface area contributed by atoms with Crippen LogP contribution < -0.4 is 5.56 Å². The summed E-state index contributed by atoms with van der Waals surface area (Å²) in [5, 5.41) is 15.6. The van der Waals surface area contributed by atoms with Gasteiger partial charge in [0.25, 0.3) is 16.5 Å². The van der Waals surface area contributed by atoms with Crippen LogP contribution in [0.2, 0.25) is 0 Å². The minimum atomic E-state index is -0.921. The number of carbonyl (C=O) groups excluding carboxylic acids is 1. The van der Waals surface area contributed by atoms with Crippen LogP contribution in [0.5, 0.6) is 0 Å². The van der Waals surface area contributed by atoms with Crippen LogP contribution >= 0.6 is 11.6 Å². The quantitative estimate of drug-likeness (QED) is 0.523. The fourth-order valence-corrected chi connectivity index (χ4v) is 1.62. The van der Waals surface area contributed by atoms with E-state index in [1.54, 1.807) is 6.07 Å². The van der Waals surface area contributed by atoms with Gasteiger partial charge < -0.3 is 0 Å². The second-order valence-electron chi connectivity index (χ2n) is 3.58. The van der Waals surface area contributed by atoms with Crippen LogP contribution in [0.3, 0.4) is 0 Å². The molecular formula is C11H6ClN3O4. The number of rotatable bonds is 3. The molecule has 0 radical (unpaired) electrons. The minimum absolute atomic E-state index is 0.121. The van der Waals surface area contributed by atoms with E-state index >= 15 is 0 Å². The van der Waals surface area contributed by atoms with Crippen LogP contribution in [0.15, 0.2) is 35.1 Å². The Morgan fingerprint density at radius 1 is 1.37 bits per heavy atom. The van der Waals surface area contributed by atoms with Crippen molar-refractivity contribution < 1.29 is 9.72 Å². The lowest BCUT2D eigenvalue weighted by Crippen LogP contribution is -2.16. The van der Waals surface area contributed by atoms with Crippen LogP contribution in [0, 0.1) is 10.1 Å². The van der Waals surface area contributed by atoms with Crippen molar-refractivity contribution in [3.8, 4) is 11.3 Å². The Labute approximate surface area is 111 Å². The topological polar surface area (TPSA) is 106 Å². The van der Waals surface area contributed by atoms with Gasteiger partial charge in [0, 0.05) is 17.7 Å². The van der Waals surface area contributed by atoms with Crippen molar-refractivity contribution in [2.75, 3.05) is 0 Å². The number of nitro benzene ring substituents is 1. The van der Waals surface area contributed by atoms with E-state index in [0.717, 1.165) is 0 Å².